The Balaban J connectivity index is 2.36. The molecule has 0 fully saturated rings. The molecule has 0 aliphatic heterocycles. The average molecular weight is 259 g/mol. The minimum atomic E-state index is -0.470. The number of rotatable bonds is 4. The molecule has 2 aromatic rings. The highest BCUT2D eigenvalue weighted by molar-refractivity contribution is 5.49. The Bertz CT molecular complexity index is 610. The molecular formula is C14H13NO4. The van der Waals surface area contributed by atoms with Crippen molar-refractivity contribution in [2.24, 2.45) is 0 Å². The van der Waals surface area contributed by atoms with Crippen molar-refractivity contribution < 1.29 is 14.4 Å². The van der Waals surface area contributed by atoms with E-state index < -0.39 is 4.92 Å². The average Bonchev–Trinajstić information content (AvgIpc) is 2.38. The highest BCUT2D eigenvalue weighted by Crippen LogP contribution is 2.32. The number of ether oxygens (including phenoxy) is 2. The lowest BCUT2D eigenvalue weighted by molar-refractivity contribution is -0.385. The van der Waals surface area contributed by atoms with Crippen LogP contribution in [0.3, 0.4) is 0 Å². The number of benzene rings is 2. The number of hydrogen-bond acceptors (Lipinski definition) is 4. The summed E-state index contributed by atoms with van der Waals surface area (Å²) in [5.41, 5.74) is 0.885. The summed E-state index contributed by atoms with van der Waals surface area (Å²) in [6, 6.07) is 11.6. The fraction of sp³-hybridized carbons (Fsp3) is 0.143. The Morgan fingerprint density at radius 1 is 1.11 bits per heavy atom. The first-order valence-corrected chi connectivity index (χ1v) is 5.67. The van der Waals surface area contributed by atoms with Crippen molar-refractivity contribution >= 4 is 5.69 Å². The van der Waals surface area contributed by atoms with E-state index in [1.54, 1.807) is 37.4 Å². The van der Waals surface area contributed by atoms with Gasteiger partial charge in [0.05, 0.1) is 12.0 Å². The van der Waals surface area contributed by atoms with Crippen LogP contribution in [0.4, 0.5) is 5.69 Å². The number of aryl methyl sites for hydroxylation is 1. The Morgan fingerprint density at radius 3 is 2.47 bits per heavy atom. The molecule has 2 aromatic carbocycles. The van der Waals surface area contributed by atoms with Crippen LogP contribution >= 0.6 is 0 Å². The first-order chi connectivity index (χ1) is 9.10. The Labute approximate surface area is 110 Å². The van der Waals surface area contributed by atoms with Crippen LogP contribution in [-0.4, -0.2) is 12.0 Å². The summed E-state index contributed by atoms with van der Waals surface area (Å²) in [4.78, 5) is 10.4. The molecule has 0 unspecified atom stereocenters. The summed E-state index contributed by atoms with van der Waals surface area (Å²) in [6.45, 7) is 1.90. The minimum Gasteiger partial charge on any atom is -0.497 e. The molecule has 0 saturated heterocycles. The smallest absolute Gasteiger partial charge is 0.311 e. The van der Waals surface area contributed by atoms with Crippen molar-refractivity contribution in [1.82, 2.24) is 0 Å². The predicted molar refractivity (Wildman–Crippen MR) is 70.9 cm³/mol. The molecule has 0 N–H and O–H groups in total. The third-order valence-electron chi connectivity index (χ3n) is 2.55. The molecule has 0 bridgehead atoms. The normalized spacial score (nSPS) is 10.0. The summed E-state index contributed by atoms with van der Waals surface area (Å²) < 4.78 is 10.7. The van der Waals surface area contributed by atoms with Gasteiger partial charge in [-0.3, -0.25) is 10.1 Å². The van der Waals surface area contributed by atoms with E-state index in [0.29, 0.717) is 11.5 Å². The minimum absolute atomic E-state index is 0.0667. The van der Waals surface area contributed by atoms with E-state index in [0.717, 1.165) is 5.56 Å². The second kappa shape index (κ2) is 5.39. The standard InChI is InChI=1S/C14H13NO4/c1-10-7-11(18-2)9-12(8-10)19-14-6-4-3-5-13(14)15(16)17/h3-9H,1-2H3. The lowest BCUT2D eigenvalue weighted by Crippen LogP contribution is -1.93. The van der Waals surface area contributed by atoms with Crippen molar-refractivity contribution in [3.8, 4) is 17.2 Å². The quantitative estimate of drug-likeness (QED) is 0.620. The molecule has 98 valence electrons. The number of nitro groups is 1. The van der Waals surface area contributed by atoms with Crippen molar-refractivity contribution in [3.63, 3.8) is 0 Å². The van der Waals surface area contributed by atoms with Crippen LogP contribution in [0.15, 0.2) is 42.5 Å². The largest absolute Gasteiger partial charge is 0.497 e. The SMILES string of the molecule is COc1cc(C)cc(Oc2ccccc2[N+](=O)[O-])c1. The lowest BCUT2D eigenvalue weighted by atomic mass is 10.2. The molecule has 0 aromatic heterocycles. The molecule has 0 saturated carbocycles. The molecule has 0 aliphatic rings. The zero-order valence-electron chi connectivity index (χ0n) is 10.6. The molecule has 0 radical (unpaired) electrons. The third kappa shape index (κ3) is 3.01. The van der Waals surface area contributed by atoms with Crippen molar-refractivity contribution in [2.75, 3.05) is 7.11 Å². The molecule has 19 heavy (non-hydrogen) atoms. The maximum atomic E-state index is 10.9. The van der Waals surface area contributed by atoms with Gasteiger partial charge in [-0.2, -0.15) is 0 Å². The van der Waals surface area contributed by atoms with Gasteiger partial charge >= 0.3 is 5.69 Å². The second-order valence-electron chi connectivity index (χ2n) is 4.01. The van der Waals surface area contributed by atoms with Crippen LogP contribution in [0, 0.1) is 17.0 Å². The van der Waals surface area contributed by atoms with E-state index in [1.807, 2.05) is 13.0 Å². The van der Waals surface area contributed by atoms with Crippen LogP contribution in [0.5, 0.6) is 17.2 Å². The Morgan fingerprint density at radius 2 is 1.79 bits per heavy atom. The molecule has 0 spiro atoms. The van der Waals surface area contributed by atoms with E-state index in [1.165, 1.54) is 6.07 Å². The van der Waals surface area contributed by atoms with Crippen LogP contribution in [-0.2, 0) is 0 Å². The van der Waals surface area contributed by atoms with E-state index in [9.17, 15) is 10.1 Å². The van der Waals surface area contributed by atoms with Crippen LogP contribution in [0.25, 0.3) is 0 Å². The Kier molecular flexibility index (Phi) is 3.66. The molecule has 5 nitrogen and oxygen atoms in total. The highest BCUT2D eigenvalue weighted by Gasteiger charge is 2.14. The highest BCUT2D eigenvalue weighted by atomic mass is 16.6. The molecule has 0 amide bonds. The number of nitro benzene ring substituents is 1. The van der Waals surface area contributed by atoms with Gasteiger partial charge in [0.25, 0.3) is 0 Å². The van der Waals surface area contributed by atoms with E-state index in [2.05, 4.69) is 0 Å². The number of hydrogen-bond donors (Lipinski definition) is 0. The van der Waals surface area contributed by atoms with E-state index in [-0.39, 0.29) is 11.4 Å². The van der Waals surface area contributed by atoms with Crippen molar-refractivity contribution in [3.05, 3.63) is 58.1 Å². The maximum Gasteiger partial charge on any atom is 0.311 e. The maximum absolute atomic E-state index is 10.9. The van der Waals surface area contributed by atoms with Gasteiger partial charge in [-0.25, -0.2) is 0 Å². The van der Waals surface area contributed by atoms with Gasteiger partial charge in [0.15, 0.2) is 0 Å². The van der Waals surface area contributed by atoms with Crippen LogP contribution in [0.1, 0.15) is 5.56 Å². The van der Waals surface area contributed by atoms with Gasteiger partial charge in [-0.1, -0.05) is 12.1 Å². The Hall–Kier alpha value is -2.56. The van der Waals surface area contributed by atoms with Gasteiger partial charge in [0, 0.05) is 12.1 Å². The fourth-order valence-corrected chi connectivity index (χ4v) is 1.71. The van der Waals surface area contributed by atoms with Gasteiger partial charge in [-0.05, 0) is 30.7 Å². The summed E-state index contributed by atoms with van der Waals surface area (Å²) in [7, 11) is 1.56. The third-order valence-corrected chi connectivity index (χ3v) is 2.55. The molecule has 2 rings (SSSR count). The molecular weight excluding hydrogens is 246 g/mol. The summed E-state index contributed by atoms with van der Waals surface area (Å²) in [5, 5.41) is 10.9. The van der Waals surface area contributed by atoms with Gasteiger partial charge in [-0.15, -0.1) is 0 Å². The second-order valence-corrected chi connectivity index (χ2v) is 4.01. The fourth-order valence-electron chi connectivity index (χ4n) is 1.71. The number of para-hydroxylation sites is 2. The van der Waals surface area contributed by atoms with Crippen molar-refractivity contribution in [2.45, 2.75) is 6.92 Å². The van der Waals surface area contributed by atoms with Crippen LogP contribution in [0.2, 0.25) is 0 Å². The van der Waals surface area contributed by atoms with Gasteiger partial charge < -0.3 is 9.47 Å². The van der Waals surface area contributed by atoms with Crippen LogP contribution < -0.4 is 9.47 Å². The first kappa shape index (κ1) is 12.9. The number of nitrogens with zero attached hydrogens (tertiary/aromatic N) is 1. The number of methoxy groups -OCH3 is 1. The molecule has 0 heterocycles. The zero-order chi connectivity index (χ0) is 13.8. The topological polar surface area (TPSA) is 61.6 Å². The zero-order valence-corrected chi connectivity index (χ0v) is 10.6. The monoisotopic (exact) mass is 259 g/mol. The predicted octanol–water partition coefficient (Wildman–Crippen LogP) is 3.70. The molecule has 0 aliphatic carbocycles. The summed E-state index contributed by atoms with van der Waals surface area (Å²) >= 11 is 0. The van der Waals surface area contributed by atoms with Gasteiger partial charge in [0.1, 0.15) is 11.5 Å². The van der Waals surface area contributed by atoms with Crippen molar-refractivity contribution in [1.29, 1.82) is 0 Å². The first-order valence-electron chi connectivity index (χ1n) is 5.67. The summed E-state index contributed by atoms with van der Waals surface area (Å²) in [5.74, 6) is 1.36. The molecule has 5 heteroatoms. The van der Waals surface area contributed by atoms with E-state index in [4.69, 9.17) is 9.47 Å². The molecule has 0 atom stereocenters. The summed E-state index contributed by atoms with van der Waals surface area (Å²) in [6.07, 6.45) is 0. The lowest BCUT2D eigenvalue weighted by Gasteiger charge is -2.09. The van der Waals surface area contributed by atoms with Gasteiger partial charge in [0.2, 0.25) is 5.75 Å². The van der Waals surface area contributed by atoms with E-state index >= 15 is 0 Å².